The molecule has 0 aliphatic carbocycles. The highest BCUT2D eigenvalue weighted by atomic mass is 32.2. The van der Waals surface area contributed by atoms with Crippen LogP contribution in [0.4, 0.5) is 0 Å². The first-order valence-electron chi connectivity index (χ1n) is 10.1. The van der Waals surface area contributed by atoms with Crippen LogP contribution in [0.5, 0.6) is 11.5 Å². The zero-order valence-electron chi connectivity index (χ0n) is 17.1. The van der Waals surface area contributed by atoms with Crippen LogP contribution in [0.2, 0.25) is 0 Å². The van der Waals surface area contributed by atoms with E-state index < -0.39 is 10.0 Å². The second-order valence-corrected chi connectivity index (χ2v) is 8.22. The molecule has 0 saturated carbocycles. The topological polar surface area (TPSA) is 77.0 Å². The number of nitrogens with zero attached hydrogens (tertiary/aromatic N) is 1. The van der Waals surface area contributed by atoms with Crippen molar-refractivity contribution in [3.63, 3.8) is 0 Å². The molecule has 0 aliphatic rings. The van der Waals surface area contributed by atoms with E-state index in [9.17, 15) is 8.42 Å². The number of hydrogen-bond donors (Lipinski definition) is 1. The molecule has 0 amide bonds. The number of sulfonamides is 1. The summed E-state index contributed by atoms with van der Waals surface area (Å²) in [5.74, 6) is 1.31. The normalized spacial score (nSPS) is 11.5. The van der Waals surface area contributed by atoms with Gasteiger partial charge in [-0.1, -0.05) is 44.7 Å². The van der Waals surface area contributed by atoms with E-state index in [2.05, 4.69) is 16.9 Å². The van der Waals surface area contributed by atoms with Crippen molar-refractivity contribution in [1.82, 2.24) is 4.83 Å². The number of para-hydroxylation sites is 1. The summed E-state index contributed by atoms with van der Waals surface area (Å²) < 4.78 is 35.9. The number of hydrogen-bond acceptors (Lipinski definition) is 5. The number of unbranched alkanes of at least 4 members (excludes halogenated alkanes) is 4. The van der Waals surface area contributed by atoms with Crippen molar-refractivity contribution in [1.29, 1.82) is 0 Å². The Bertz CT molecular complexity index is 865. The van der Waals surface area contributed by atoms with Gasteiger partial charge in [-0.05, 0) is 49.7 Å². The van der Waals surface area contributed by atoms with Crippen LogP contribution in [0.1, 0.15) is 51.5 Å². The fourth-order valence-electron chi connectivity index (χ4n) is 2.71. The number of rotatable bonds is 13. The van der Waals surface area contributed by atoms with Crippen molar-refractivity contribution in [3.05, 3.63) is 54.1 Å². The van der Waals surface area contributed by atoms with E-state index in [-0.39, 0.29) is 4.90 Å². The summed E-state index contributed by atoms with van der Waals surface area (Å²) in [4.78, 5) is 2.36. The van der Waals surface area contributed by atoms with E-state index in [0.29, 0.717) is 24.7 Å². The fourth-order valence-corrected chi connectivity index (χ4v) is 3.50. The summed E-state index contributed by atoms with van der Waals surface area (Å²) in [7, 11) is -3.75. The first kappa shape index (κ1) is 22.7. The Kier molecular flexibility index (Phi) is 9.50. The highest BCUT2D eigenvalue weighted by Crippen LogP contribution is 2.18. The third kappa shape index (κ3) is 7.77. The highest BCUT2D eigenvalue weighted by Gasteiger charge is 2.12. The maximum Gasteiger partial charge on any atom is 0.276 e. The minimum atomic E-state index is -3.75. The number of nitrogens with one attached hydrogen (secondary N) is 1. The second kappa shape index (κ2) is 12.1. The summed E-state index contributed by atoms with van der Waals surface area (Å²) in [5, 5.41) is 3.90. The fraction of sp³-hybridized carbons (Fsp3) is 0.409. The lowest BCUT2D eigenvalue weighted by Gasteiger charge is -2.09. The van der Waals surface area contributed by atoms with Gasteiger partial charge in [0, 0.05) is 5.56 Å². The predicted molar refractivity (Wildman–Crippen MR) is 116 cm³/mol. The molecule has 0 atom stereocenters. The molecule has 2 aromatic carbocycles. The number of benzene rings is 2. The van der Waals surface area contributed by atoms with Gasteiger partial charge < -0.3 is 9.47 Å². The summed E-state index contributed by atoms with van der Waals surface area (Å²) in [6.07, 6.45) is 7.28. The van der Waals surface area contributed by atoms with Gasteiger partial charge in [-0.3, -0.25) is 0 Å². The van der Waals surface area contributed by atoms with Gasteiger partial charge in [0.25, 0.3) is 10.0 Å². The van der Waals surface area contributed by atoms with E-state index in [1.807, 2.05) is 31.2 Å². The van der Waals surface area contributed by atoms with Crippen LogP contribution in [-0.4, -0.2) is 27.8 Å². The van der Waals surface area contributed by atoms with Gasteiger partial charge in [-0.2, -0.15) is 13.5 Å². The molecule has 6 nitrogen and oxygen atoms in total. The molecule has 0 bridgehead atoms. The zero-order chi connectivity index (χ0) is 21.0. The minimum Gasteiger partial charge on any atom is -0.494 e. The average molecular weight is 419 g/mol. The van der Waals surface area contributed by atoms with E-state index in [4.69, 9.17) is 9.47 Å². The SMILES string of the molecule is CCCCCCCOc1ccccc1/C=N/NS(=O)(=O)c1ccc(OCC)cc1. The summed E-state index contributed by atoms with van der Waals surface area (Å²) >= 11 is 0. The zero-order valence-corrected chi connectivity index (χ0v) is 18.0. The van der Waals surface area contributed by atoms with Crippen LogP contribution in [0.3, 0.4) is 0 Å². The lowest BCUT2D eigenvalue weighted by Crippen LogP contribution is -2.18. The van der Waals surface area contributed by atoms with Gasteiger partial charge in [-0.25, -0.2) is 4.83 Å². The quantitative estimate of drug-likeness (QED) is 0.289. The lowest BCUT2D eigenvalue weighted by molar-refractivity contribution is 0.304. The molecule has 0 unspecified atom stereocenters. The third-order valence-corrected chi connectivity index (χ3v) is 5.48. The second-order valence-electron chi connectivity index (χ2n) is 6.56. The smallest absolute Gasteiger partial charge is 0.276 e. The summed E-state index contributed by atoms with van der Waals surface area (Å²) in [5.41, 5.74) is 0.718. The molecule has 2 rings (SSSR count). The number of hydrazone groups is 1. The Balaban J connectivity index is 1.93. The van der Waals surface area contributed by atoms with Crippen molar-refractivity contribution in [3.8, 4) is 11.5 Å². The standard InChI is InChI=1S/C22H30N2O4S/c1-3-5-6-7-10-17-28-22-12-9-8-11-19(22)18-23-24-29(25,26)21-15-13-20(14-16-21)27-4-2/h8-9,11-16,18,24H,3-7,10,17H2,1-2H3/b23-18+. The maximum absolute atomic E-state index is 12.4. The van der Waals surface area contributed by atoms with Crippen molar-refractivity contribution >= 4 is 16.2 Å². The predicted octanol–water partition coefficient (Wildman–Crippen LogP) is 4.75. The van der Waals surface area contributed by atoms with Gasteiger partial charge in [0.2, 0.25) is 0 Å². The van der Waals surface area contributed by atoms with Crippen LogP contribution in [0, 0.1) is 0 Å². The summed E-state index contributed by atoms with van der Waals surface area (Å²) in [6, 6.07) is 13.6. The van der Waals surface area contributed by atoms with Crippen molar-refractivity contribution in [2.45, 2.75) is 50.8 Å². The molecule has 29 heavy (non-hydrogen) atoms. The van der Waals surface area contributed by atoms with E-state index in [1.54, 1.807) is 12.1 Å². The van der Waals surface area contributed by atoms with Gasteiger partial charge >= 0.3 is 0 Å². The van der Waals surface area contributed by atoms with Crippen molar-refractivity contribution < 1.29 is 17.9 Å². The molecule has 7 heteroatoms. The third-order valence-electron chi connectivity index (χ3n) is 4.25. The molecule has 0 aliphatic heterocycles. The average Bonchev–Trinajstić information content (AvgIpc) is 2.72. The first-order chi connectivity index (χ1) is 14.1. The molecule has 158 valence electrons. The van der Waals surface area contributed by atoms with Crippen LogP contribution < -0.4 is 14.3 Å². The van der Waals surface area contributed by atoms with Crippen molar-refractivity contribution in [2.24, 2.45) is 5.10 Å². The Hall–Kier alpha value is -2.54. The van der Waals surface area contributed by atoms with E-state index >= 15 is 0 Å². The molecular weight excluding hydrogens is 388 g/mol. The van der Waals surface area contributed by atoms with Gasteiger partial charge in [0.1, 0.15) is 11.5 Å². The number of ether oxygens (including phenoxy) is 2. The Labute approximate surface area is 174 Å². The molecular formula is C22H30N2O4S. The van der Waals surface area contributed by atoms with Crippen LogP contribution in [0.15, 0.2) is 58.5 Å². The summed E-state index contributed by atoms with van der Waals surface area (Å²) in [6.45, 7) is 5.21. The van der Waals surface area contributed by atoms with Crippen molar-refractivity contribution in [2.75, 3.05) is 13.2 Å². The highest BCUT2D eigenvalue weighted by molar-refractivity contribution is 7.89. The Morgan fingerprint density at radius 3 is 2.38 bits per heavy atom. The Morgan fingerprint density at radius 2 is 1.66 bits per heavy atom. The van der Waals surface area contributed by atoms with Crippen LogP contribution in [-0.2, 0) is 10.0 Å². The molecule has 0 spiro atoms. The minimum absolute atomic E-state index is 0.120. The van der Waals surface area contributed by atoms with E-state index in [1.165, 1.54) is 37.6 Å². The first-order valence-corrected chi connectivity index (χ1v) is 11.5. The maximum atomic E-state index is 12.4. The van der Waals surface area contributed by atoms with Gasteiger partial charge in [0.15, 0.2) is 0 Å². The van der Waals surface area contributed by atoms with Gasteiger partial charge in [-0.15, -0.1) is 0 Å². The lowest BCUT2D eigenvalue weighted by atomic mass is 10.2. The molecule has 1 N–H and O–H groups in total. The van der Waals surface area contributed by atoms with Crippen LogP contribution >= 0.6 is 0 Å². The van der Waals surface area contributed by atoms with E-state index in [0.717, 1.165) is 18.4 Å². The molecule has 0 fully saturated rings. The molecule has 0 saturated heterocycles. The monoisotopic (exact) mass is 418 g/mol. The largest absolute Gasteiger partial charge is 0.494 e. The molecule has 0 aromatic heterocycles. The molecule has 2 aromatic rings. The van der Waals surface area contributed by atoms with Gasteiger partial charge in [0.05, 0.1) is 24.3 Å². The Morgan fingerprint density at radius 1 is 0.931 bits per heavy atom. The van der Waals surface area contributed by atoms with Crippen LogP contribution in [0.25, 0.3) is 0 Å². The molecule has 0 radical (unpaired) electrons. The molecule has 0 heterocycles.